The van der Waals surface area contributed by atoms with Gasteiger partial charge in [0.25, 0.3) is 0 Å². The fraction of sp³-hybridized carbons (Fsp3) is 0.733. The standard InChI is InChI=1S/C15H27NOS/c1-14(2,3)16-11-15(4,5)12-17-9-8-13-7-6-10-18-13/h6-7,10,16H,8-9,11-12H2,1-5H3. The van der Waals surface area contributed by atoms with Gasteiger partial charge in [-0.2, -0.15) is 0 Å². The van der Waals surface area contributed by atoms with Crippen LogP contribution in [0.15, 0.2) is 17.5 Å². The van der Waals surface area contributed by atoms with Gasteiger partial charge in [0.2, 0.25) is 0 Å². The first-order valence-corrected chi connectivity index (χ1v) is 7.52. The molecule has 0 fully saturated rings. The molecule has 1 aromatic rings. The predicted octanol–water partition coefficient (Wildman–Crippen LogP) is 3.72. The number of hydrogen-bond donors (Lipinski definition) is 1. The molecule has 0 amide bonds. The molecule has 1 heterocycles. The van der Waals surface area contributed by atoms with Crippen molar-refractivity contribution >= 4 is 11.3 Å². The number of rotatable bonds is 7. The zero-order chi connectivity index (χ0) is 13.6. The number of thiophene rings is 1. The van der Waals surface area contributed by atoms with Crippen molar-refractivity contribution in [2.45, 2.75) is 46.6 Å². The highest BCUT2D eigenvalue weighted by Crippen LogP contribution is 2.16. The lowest BCUT2D eigenvalue weighted by Crippen LogP contribution is -2.43. The van der Waals surface area contributed by atoms with Crippen LogP contribution in [0.5, 0.6) is 0 Å². The van der Waals surface area contributed by atoms with E-state index in [1.54, 1.807) is 11.3 Å². The molecule has 0 saturated heterocycles. The van der Waals surface area contributed by atoms with Gasteiger partial charge in [0, 0.05) is 28.8 Å². The first-order valence-electron chi connectivity index (χ1n) is 6.64. The molecule has 0 atom stereocenters. The zero-order valence-electron chi connectivity index (χ0n) is 12.4. The second-order valence-electron chi connectivity index (χ2n) is 6.65. The van der Waals surface area contributed by atoms with Gasteiger partial charge in [-0.1, -0.05) is 19.9 Å². The molecule has 0 aliphatic rings. The predicted molar refractivity (Wildman–Crippen MR) is 80.4 cm³/mol. The Balaban J connectivity index is 2.16. The van der Waals surface area contributed by atoms with Crippen molar-refractivity contribution in [2.75, 3.05) is 19.8 Å². The third-order valence-corrected chi connectivity index (χ3v) is 3.60. The van der Waals surface area contributed by atoms with Gasteiger partial charge >= 0.3 is 0 Å². The lowest BCUT2D eigenvalue weighted by atomic mass is 9.93. The first-order chi connectivity index (χ1) is 8.29. The topological polar surface area (TPSA) is 21.3 Å². The summed E-state index contributed by atoms with van der Waals surface area (Å²) >= 11 is 1.80. The molecule has 0 aliphatic carbocycles. The van der Waals surface area contributed by atoms with Crippen LogP contribution in [0.2, 0.25) is 0 Å². The second kappa shape index (κ2) is 6.69. The molecule has 1 N–H and O–H groups in total. The third-order valence-electron chi connectivity index (χ3n) is 2.66. The largest absolute Gasteiger partial charge is 0.380 e. The average molecular weight is 269 g/mol. The number of hydrogen-bond acceptors (Lipinski definition) is 3. The van der Waals surface area contributed by atoms with Crippen molar-refractivity contribution in [3.05, 3.63) is 22.4 Å². The molecule has 104 valence electrons. The highest BCUT2D eigenvalue weighted by molar-refractivity contribution is 7.09. The van der Waals surface area contributed by atoms with Crippen molar-refractivity contribution in [1.82, 2.24) is 5.32 Å². The van der Waals surface area contributed by atoms with Gasteiger partial charge in [0.1, 0.15) is 0 Å². The summed E-state index contributed by atoms with van der Waals surface area (Å²) in [5.41, 5.74) is 0.358. The van der Waals surface area contributed by atoms with Gasteiger partial charge in [-0.3, -0.25) is 0 Å². The molecular weight excluding hydrogens is 242 g/mol. The minimum absolute atomic E-state index is 0.175. The Kier molecular flexibility index (Phi) is 5.83. The molecule has 1 rings (SSSR count). The molecule has 0 bridgehead atoms. The van der Waals surface area contributed by atoms with Crippen molar-refractivity contribution < 1.29 is 4.74 Å². The van der Waals surface area contributed by atoms with Crippen LogP contribution in [0.4, 0.5) is 0 Å². The highest BCUT2D eigenvalue weighted by atomic mass is 32.1. The maximum absolute atomic E-state index is 5.80. The van der Waals surface area contributed by atoms with Crippen molar-refractivity contribution in [1.29, 1.82) is 0 Å². The van der Waals surface area contributed by atoms with Gasteiger partial charge in [0.15, 0.2) is 0 Å². The SMILES string of the molecule is CC(C)(CNC(C)(C)C)COCCc1cccs1. The molecule has 0 aliphatic heterocycles. The smallest absolute Gasteiger partial charge is 0.0529 e. The van der Waals surface area contributed by atoms with E-state index >= 15 is 0 Å². The minimum atomic E-state index is 0.175. The van der Waals surface area contributed by atoms with E-state index in [9.17, 15) is 0 Å². The summed E-state index contributed by atoms with van der Waals surface area (Å²) in [5.74, 6) is 0. The monoisotopic (exact) mass is 269 g/mol. The van der Waals surface area contributed by atoms with Crippen LogP contribution in [-0.4, -0.2) is 25.3 Å². The Morgan fingerprint density at radius 3 is 2.50 bits per heavy atom. The number of ether oxygens (including phenoxy) is 1. The summed E-state index contributed by atoms with van der Waals surface area (Å²) in [6.45, 7) is 13.7. The van der Waals surface area contributed by atoms with Crippen LogP contribution in [-0.2, 0) is 11.2 Å². The third kappa shape index (κ3) is 7.14. The Labute approximate surface area is 116 Å². The van der Waals surface area contributed by atoms with E-state index in [1.807, 2.05) is 0 Å². The lowest BCUT2D eigenvalue weighted by Gasteiger charge is -2.30. The van der Waals surface area contributed by atoms with Crippen LogP contribution in [0.1, 0.15) is 39.5 Å². The molecule has 0 unspecified atom stereocenters. The van der Waals surface area contributed by atoms with Crippen LogP contribution < -0.4 is 5.32 Å². The maximum Gasteiger partial charge on any atom is 0.0529 e. The van der Waals surface area contributed by atoms with E-state index in [1.165, 1.54) is 4.88 Å². The Bertz CT molecular complexity index is 325. The number of nitrogens with one attached hydrogen (secondary N) is 1. The normalized spacial score (nSPS) is 12.9. The van der Waals surface area contributed by atoms with Gasteiger partial charge in [-0.25, -0.2) is 0 Å². The van der Waals surface area contributed by atoms with E-state index < -0.39 is 0 Å². The molecule has 0 spiro atoms. The van der Waals surface area contributed by atoms with E-state index in [0.717, 1.165) is 26.2 Å². The highest BCUT2D eigenvalue weighted by Gasteiger charge is 2.21. The van der Waals surface area contributed by atoms with Gasteiger partial charge in [-0.15, -0.1) is 11.3 Å². The fourth-order valence-electron chi connectivity index (χ4n) is 1.53. The Morgan fingerprint density at radius 2 is 1.94 bits per heavy atom. The summed E-state index contributed by atoms with van der Waals surface area (Å²) in [6, 6.07) is 4.26. The summed E-state index contributed by atoms with van der Waals surface area (Å²) in [5, 5.41) is 5.66. The quantitative estimate of drug-likeness (QED) is 0.762. The summed E-state index contributed by atoms with van der Waals surface area (Å²) in [6.07, 6.45) is 1.03. The molecular formula is C15H27NOS. The van der Waals surface area contributed by atoms with Crippen LogP contribution in [0.25, 0.3) is 0 Å². The van der Waals surface area contributed by atoms with E-state index in [2.05, 4.69) is 57.4 Å². The van der Waals surface area contributed by atoms with Crippen molar-refractivity contribution in [2.24, 2.45) is 5.41 Å². The fourth-order valence-corrected chi connectivity index (χ4v) is 2.22. The molecule has 18 heavy (non-hydrogen) atoms. The molecule has 2 nitrogen and oxygen atoms in total. The van der Waals surface area contributed by atoms with Crippen LogP contribution in [0.3, 0.4) is 0 Å². The molecule has 0 saturated carbocycles. The molecule has 0 aromatic carbocycles. The first kappa shape index (κ1) is 15.7. The van der Waals surface area contributed by atoms with Gasteiger partial charge in [-0.05, 0) is 32.2 Å². The van der Waals surface area contributed by atoms with Crippen LogP contribution >= 0.6 is 11.3 Å². The second-order valence-corrected chi connectivity index (χ2v) is 7.68. The van der Waals surface area contributed by atoms with Crippen LogP contribution in [0, 0.1) is 5.41 Å². The van der Waals surface area contributed by atoms with Crippen molar-refractivity contribution in [3.63, 3.8) is 0 Å². The van der Waals surface area contributed by atoms with Crippen molar-refractivity contribution in [3.8, 4) is 0 Å². The zero-order valence-corrected chi connectivity index (χ0v) is 13.2. The van der Waals surface area contributed by atoms with Gasteiger partial charge in [0.05, 0.1) is 13.2 Å². The van der Waals surface area contributed by atoms with Gasteiger partial charge < -0.3 is 10.1 Å². The Hall–Kier alpha value is -0.380. The molecule has 0 radical (unpaired) electrons. The maximum atomic E-state index is 5.80. The lowest BCUT2D eigenvalue weighted by molar-refractivity contribution is 0.0610. The van der Waals surface area contributed by atoms with E-state index in [4.69, 9.17) is 4.74 Å². The average Bonchev–Trinajstić information content (AvgIpc) is 2.74. The van der Waals surface area contributed by atoms with E-state index in [-0.39, 0.29) is 11.0 Å². The summed E-state index contributed by atoms with van der Waals surface area (Å²) in [7, 11) is 0. The molecule has 3 heteroatoms. The molecule has 1 aromatic heterocycles. The summed E-state index contributed by atoms with van der Waals surface area (Å²) in [4.78, 5) is 1.40. The summed E-state index contributed by atoms with van der Waals surface area (Å²) < 4.78 is 5.80. The van der Waals surface area contributed by atoms with E-state index in [0.29, 0.717) is 0 Å². The Morgan fingerprint density at radius 1 is 1.22 bits per heavy atom. The minimum Gasteiger partial charge on any atom is -0.380 e.